The van der Waals surface area contributed by atoms with Crippen molar-refractivity contribution >= 4 is 33.4 Å². The molecule has 3 fully saturated rings. The lowest BCUT2D eigenvalue weighted by atomic mass is 9.95. The van der Waals surface area contributed by atoms with Gasteiger partial charge in [-0.05, 0) is 25.0 Å². The molecule has 0 spiro atoms. The summed E-state index contributed by atoms with van der Waals surface area (Å²) in [6.45, 7) is 1.26. The van der Waals surface area contributed by atoms with Gasteiger partial charge in [-0.15, -0.1) is 11.3 Å². The van der Waals surface area contributed by atoms with Crippen molar-refractivity contribution in [3.63, 3.8) is 0 Å². The van der Waals surface area contributed by atoms with Crippen molar-refractivity contribution in [3.05, 3.63) is 29.3 Å². The van der Waals surface area contributed by atoms with Gasteiger partial charge >= 0.3 is 0 Å². The van der Waals surface area contributed by atoms with Gasteiger partial charge in [0.15, 0.2) is 0 Å². The maximum atomic E-state index is 12.6. The Morgan fingerprint density at radius 3 is 2.96 bits per heavy atom. The number of likely N-dealkylation sites (N-methyl/N-ethyl adjacent to an activating group) is 1. The Morgan fingerprint density at radius 1 is 1.29 bits per heavy atom. The van der Waals surface area contributed by atoms with E-state index in [9.17, 15) is 9.59 Å². The van der Waals surface area contributed by atoms with E-state index >= 15 is 0 Å². The number of amides is 2. The zero-order chi connectivity index (χ0) is 16.7. The summed E-state index contributed by atoms with van der Waals surface area (Å²) in [5, 5.41) is 1.01. The molecular weight excluding hydrogens is 322 g/mol. The average molecular weight is 343 g/mol. The van der Waals surface area contributed by atoms with Gasteiger partial charge in [0.05, 0.1) is 21.1 Å². The van der Waals surface area contributed by atoms with Crippen molar-refractivity contribution in [1.29, 1.82) is 0 Å². The fourth-order valence-electron chi connectivity index (χ4n) is 3.76. The van der Waals surface area contributed by atoms with Crippen molar-refractivity contribution < 1.29 is 9.59 Å². The van der Waals surface area contributed by atoms with Crippen LogP contribution in [0.25, 0.3) is 10.2 Å². The smallest absolute Gasteiger partial charge is 0.227 e. The number of hydrogen-bond donors (Lipinski definition) is 0. The Balaban J connectivity index is 1.42. The van der Waals surface area contributed by atoms with E-state index in [0.717, 1.165) is 23.4 Å². The second-order valence-corrected chi connectivity index (χ2v) is 7.87. The van der Waals surface area contributed by atoms with Gasteiger partial charge < -0.3 is 9.80 Å². The molecule has 4 heterocycles. The molecule has 24 heavy (non-hydrogen) atoms. The van der Waals surface area contributed by atoms with Gasteiger partial charge in [0.25, 0.3) is 0 Å². The fraction of sp³-hybridized carbons (Fsp3) is 0.500. The predicted octanol–water partition coefficient (Wildman–Crippen LogP) is 2.31. The number of hydrogen-bond acceptors (Lipinski definition) is 4. The van der Waals surface area contributed by atoms with E-state index in [2.05, 4.69) is 11.1 Å². The van der Waals surface area contributed by atoms with Crippen molar-refractivity contribution in [2.45, 2.75) is 31.7 Å². The van der Waals surface area contributed by atoms with Crippen LogP contribution < -0.4 is 0 Å². The van der Waals surface area contributed by atoms with Crippen LogP contribution in [0.2, 0.25) is 0 Å². The van der Waals surface area contributed by atoms with E-state index < -0.39 is 0 Å². The summed E-state index contributed by atoms with van der Waals surface area (Å²) in [7, 11) is 1.87. The maximum Gasteiger partial charge on any atom is 0.227 e. The standard InChI is InChI=1S/C18H21N3O2S/c1-20-13-7-6-12(18(20)23)10-21(11-13)17(22)9-8-16-19-14-4-2-3-5-15(14)24-16/h2-5,12-13H,6-11H2,1H3/t12-,13+/m0/s1. The molecule has 126 valence electrons. The lowest BCUT2D eigenvalue weighted by Crippen LogP contribution is -2.45. The van der Waals surface area contributed by atoms with Crippen molar-refractivity contribution in [2.24, 2.45) is 5.92 Å². The van der Waals surface area contributed by atoms with Crippen LogP contribution >= 0.6 is 11.3 Å². The summed E-state index contributed by atoms with van der Waals surface area (Å²) >= 11 is 1.66. The first-order valence-corrected chi connectivity index (χ1v) is 9.32. The normalized spacial score (nSPS) is 23.8. The summed E-state index contributed by atoms with van der Waals surface area (Å²) in [6, 6.07) is 8.24. The van der Waals surface area contributed by atoms with E-state index in [1.54, 1.807) is 11.3 Å². The first-order valence-electron chi connectivity index (χ1n) is 8.50. The third kappa shape index (κ3) is 2.79. The summed E-state index contributed by atoms with van der Waals surface area (Å²) in [5.74, 6) is 0.335. The van der Waals surface area contributed by atoms with E-state index in [1.807, 2.05) is 35.0 Å². The van der Waals surface area contributed by atoms with Crippen LogP contribution in [0.1, 0.15) is 24.3 Å². The number of nitrogens with zero attached hydrogens (tertiary/aromatic N) is 3. The summed E-state index contributed by atoms with van der Waals surface area (Å²) < 4.78 is 1.17. The summed E-state index contributed by atoms with van der Waals surface area (Å²) in [5.41, 5.74) is 1.00. The number of carbonyl (C=O) groups excluding carboxylic acids is 2. The topological polar surface area (TPSA) is 53.5 Å². The van der Waals surface area contributed by atoms with Gasteiger partial charge in [-0.2, -0.15) is 0 Å². The molecule has 0 radical (unpaired) electrons. The van der Waals surface area contributed by atoms with Gasteiger partial charge in [0.2, 0.25) is 11.8 Å². The number of piperidine rings is 1. The van der Waals surface area contributed by atoms with Gasteiger partial charge in [0.1, 0.15) is 0 Å². The van der Waals surface area contributed by atoms with Crippen molar-refractivity contribution in [2.75, 3.05) is 20.1 Å². The maximum absolute atomic E-state index is 12.6. The highest BCUT2D eigenvalue weighted by Gasteiger charge is 2.39. The molecule has 2 amide bonds. The van der Waals surface area contributed by atoms with Crippen LogP contribution in [0.3, 0.4) is 0 Å². The van der Waals surface area contributed by atoms with E-state index in [4.69, 9.17) is 0 Å². The first kappa shape index (κ1) is 15.6. The Kier molecular flexibility index (Phi) is 4.00. The Morgan fingerprint density at radius 2 is 2.12 bits per heavy atom. The SMILES string of the molecule is CN1C(=O)[C@H]2CC[C@@H]1CN(C(=O)CCc1nc3ccccc3s1)C2. The summed E-state index contributed by atoms with van der Waals surface area (Å²) in [4.78, 5) is 33.2. The molecule has 3 aliphatic rings. The van der Waals surface area contributed by atoms with Crippen LogP contribution in [0.5, 0.6) is 0 Å². The number of thiazole rings is 1. The highest BCUT2D eigenvalue weighted by molar-refractivity contribution is 7.18. The minimum Gasteiger partial charge on any atom is -0.341 e. The van der Waals surface area contributed by atoms with Gasteiger partial charge in [-0.25, -0.2) is 4.98 Å². The Bertz CT molecular complexity index is 754. The summed E-state index contributed by atoms with van der Waals surface area (Å²) in [6.07, 6.45) is 3.06. The largest absolute Gasteiger partial charge is 0.341 e. The number of aryl methyl sites for hydroxylation is 1. The van der Waals surface area contributed by atoms with Crippen LogP contribution in [-0.4, -0.2) is 52.8 Å². The molecule has 2 bridgehead atoms. The minimum absolute atomic E-state index is 0.0137. The zero-order valence-electron chi connectivity index (χ0n) is 13.8. The molecule has 3 aliphatic heterocycles. The highest BCUT2D eigenvalue weighted by atomic mass is 32.1. The van der Waals surface area contributed by atoms with Crippen LogP contribution in [-0.2, 0) is 16.0 Å². The van der Waals surface area contributed by atoms with Crippen LogP contribution in [0.4, 0.5) is 0 Å². The van der Waals surface area contributed by atoms with Gasteiger partial charge in [0, 0.05) is 39.0 Å². The number of aromatic nitrogens is 1. The third-order valence-electron chi connectivity index (χ3n) is 5.21. The quantitative estimate of drug-likeness (QED) is 0.859. The van der Waals surface area contributed by atoms with Crippen LogP contribution in [0, 0.1) is 5.92 Å². The first-order chi connectivity index (χ1) is 11.6. The molecule has 5 nitrogen and oxygen atoms in total. The van der Waals surface area contributed by atoms with E-state index in [-0.39, 0.29) is 23.8 Å². The molecule has 5 rings (SSSR count). The molecule has 0 N–H and O–H groups in total. The lowest BCUT2D eigenvalue weighted by Gasteiger charge is -2.32. The number of carbonyl (C=O) groups is 2. The molecule has 0 unspecified atom stereocenters. The lowest BCUT2D eigenvalue weighted by molar-refractivity contribution is -0.138. The second kappa shape index (κ2) is 6.16. The molecule has 6 heteroatoms. The molecular formula is C18H21N3O2S. The molecule has 3 saturated heterocycles. The monoisotopic (exact) mass is 343 g/mol. The van der Waals surface area contributed by atoms with Gasteiger partial charge in [-0.3, -0.25) is 9.59 Å². The van der Waals surface area contributed by atoms with Crippen LogP contribution in [0.15, 0.2) is 24.3 Å². The molecule has 1 aromatic carbocycles. The second-order valence-electron chi connectivity index (χ2n) is 6.75. The molecule has 0 aliphatic carbocycles. The van der Waals surface area contributed by atoms with E-state index in [1.165, 1.54) is 4.70 Å². The van der Waals surface area contributed by atoms with Crippen molar-refractivity contribution in [3.8, 4) is 0 Å². The minimum atomic E-state index is -0.0137. The predicted molar refractivity (Wildman–Crippen MR) is 93.8 cm³/mol. The Labute approximate surface area is 145 Å². The van der Waals surface area contributed by atoms with Gasteiger partial charge in [-0.1, -0.05) is 12.1 Å². The highest BCUT2D eigenvalue weighted by Crippen LogP contribution is 2.28. The number of para-hydroxylation sites is 1. The number of benzene rings is 1. The molecule has 2 atom stereocenters. The van der Waals surface area contributed by atoms with Crippen molar-refractivity contribution in [1.82, 2.24) is 14.8 Å². The van der Waals surface area contributed by atoms with E-state index in [0.29, 0.717) is 25.9 Å². The average Bonchev–Trinajstić information content (AvgIpc) is 2.82. The molecule has 2 aromatic rings. The zero-order valence-corrected chi connectivity index (χ0v) is 14.6. The molecule has 1 aromatic heterocycles. The third-order valence-corrected chi connectivity index (χ3v) is 6.30. The number of rotatable bonds is 3. The fourth-order valence-corrected chi connectivity index (χ4v) is 4.73. The Hall–Kier alpha value is -1.95. The number of fused-ring (bicyclic) bond motifs is 5. The molecule has 0 saturated carbocycles.